The molecule has 0 heterocycles. The first-order chi connectivity index (χ1) is 6.68. The predicted octanol–water partition coefficient (Wildman–Crippen LogP) is 1.24. The molecule has 1 aliphatic rings. The van der Waals surface area contributed by atoms with Gasteiger partial charge in [0.2, 0.25) is 0 Å². The van der Waals surface area contributed by atoms with Gasteiger partial charge in [-0.05, 0) is 39.0 Å². The van der Waals surface area contributed by atoms with E-state index >= 15 is 0 Å². The van der Waals surface area contributed by atoms with Crippen molar-refractivity contribution >= 4 is 7.85 Å². The molecule has 0 aliphatic heterocycles. The van der Waals surface area contributed by atoms with E-state index in [-0.39, 0.29) is 5.54 Å². The van der Waals surface area contributed by atoms with Crippen LogP contribution in [0.4, 0.5) is 0 Å². The van der Waals surface area contributed by atoms with Crippen LogP contribution in [-0.4, -0.2) is 18.9 Å². The molecule has 0 aromatic rings. The van der Waals surface area contributed by atoms with Crippen LogP contribution in [0.2, 0.25) is 5.31 Å². The number of hydrogen-bond donors (Lipinski definition) is 2. The molecule has 1 fully saturated rings. The van der Waals surface area contributed by atoms with Gasteiger partial charge in [-0.15, -0.1) is 0 Å². The Morgan fingerprint density at radius 1 is 1.20 bits per heavy atom. The lowest BCUT2D eigenvalue weighted by Gasteiger charge is -2.42. The highest BCUT2D eigenvalue weighted by Gasteiger charge is 2.38. The molecular formula is C11H20BN3. The van der Waals surface area contributed by atoms with E-state index < -0.39 is 10.9 Å². The zero-order chi connectivity index (χ0) is 11.7. The highest BCUT2D eigenvalue weighted by atomic mass is 14.8. The van der Waals surface area contributed by atoms with Crippen molar-refractivity contribution < 1.29 is 0 Å². The maximum Gasteiger partial charge on any atom is 0.104 e. The lowest BCUT2D eigenvalue weighted by Crippen LogP contribution is -2.48. The minimum Gasteiger partial charge on any atom is -0.325 e. The molecule has 1 aliphatic carbocycles. The molecule has 4 N–H and O–H groups in total. The van der Waals surface area contributed by atoms with Gasteiger partial charge >= 0.3 is 0 Å². The predicted molar refractivity (Wildman–Crippen MR) is 62.3 cm³/mol. The van der Waals surface area contributed by atoms with Crippen molar-refractivity contribution in [2.45, 2.75) is 62.3 Å². The molecule has 3 atom stereocenters. The first-order valence-electron chi connectivity index (χ1n) is 5.46. The Bertz CT molecular complexity index is 280. The molecule has 1 rings (SSSR count). The topological polar surface area (TPSA) is 75.8 Å². The van der Waals surface area contributed by atoms with Gasteiger partial charge in [0, 0.05) is 5.54 Å². The highest BCUT2D eigenvalue weighted by Crippen LogP contribution is 2.43. The molecule has 3 unspecified atom stereocenters. The Hall–Kier alpha value is -0.525. The van der Waals surface area contributed by atoms with Crippen molar-refractivity contribution in [3.05, 3.63) is 0 Å². The minimum absolute atomic E-state index is 0.236. The van der Waals surface area contributed by atoms with Crippen LogP contribution in [0.15, 0.2) is 0 Å². The SMILES string of the molecule is [B]C1(C)CC(C)(N)CCCC(N)(C#N)C1. The third kappa shape index (κ3) is 3.51. The van der Waals surface area contributed by atoms with Crippen LogP contribution in [0.5, 0.6) is 0 Å². The Morgan fingerprint density at radius 3 is 2.33 bits per heavy atom. The van der Waals surface area contributed by atoms with Crippen molar-refractivity contribution in [2.75, 3.05) is 0 Å². The fourth-order valence-corrected chi connectivity index (χ4v) is 2.79. The van der Waals surface area contributed by atoms with Crippen molar-refractivity contribution in [2.24, 2.45) is 11.5 Å². The second kappa shape index (κ2) is 3.81. The van der Waals surface area contributed by atoms with Gasteiger partial charge < -0.3 is 11.5 Å². The smallest absolute Gasteiger partial charge is 0.104 e. The summed E-state index contributed by atoms with van der Waals surface area (Å²) in [6, 6.07) is 2.19. The molecule has 82 valence electrons. The summed E-state index contributed by atoms with van der Waals surface area (Å²) in [4.78, 5) is 0. The van der Waals surface area contributed by atoms with Gasteiger partial charge in [0.15, 0.2) is 0 Å². The van der Waals surface area contributed by atoms with Gasteiger partial charge in [0.1, 0.15) is 5.54 Å². The average molecular weight is 205 g/mol. The van der Waals surface area contributed by atoms with E-state index in [2.05, 4.69) is 6.07 Å². The van der Waals surface area contributed by atoms with Crippen molar-refractivity contribution in [3.8, 4) is 6.07 Å². The number of hydrogen-bond acceptors (Lipinski definition) is 3. The van der Waals surface area contributed by atoms with E-state index in [1.165, 1.54) is 0 Å². The summed E-state index contributed by atoms with van der Waals surface area (Å²) in [6.45, 7) is 3.95. The quantitative estimate of drug-likeness (QED) is 0.584. The van der Waals surface area contributed by atoms with E-state index in [1.54, 1.807) is 0 Å². The Balaban J connectivity index is 2.85. The van der Waals surface area contributed by atoms with Gasteiger partial charge in [0.05, 0.1) is 13.9 Å². The third-order valence-electron chi connectivity index (χ3n) is 3.12. The zero-order valence-corrected chi connectivity index (χ0v) is 9.71. The summed E-state index contributed by atoms with van der Waals surface area (Å²) in [7, 11) is 6.16. The van der Waals surface area contributed by atoms with Crippen LogP contribution in [0.1, 0.15) is 46.0 Å². The zero-order valence-electron chi connectivity index (χ0n) is 9.71. The summed E-state index contributed by atoms with van der Waals surface area (Å²) in [5, 5.41) is 8.62. The van der Waals surface area contributed by atoms with Crippen LogP contribution in [-0.2, 0) is 0 Å². The Labute approximate surface area is 93.6 Å². The standard InChI is InChI=1S/C11H20BN3/c1-9(12)6-10(2,14)4-3-5-11(15,7-9)8-13/h3-7,14-15H2,1-2H3. The minimum atomic E-state index is -0.778. The average Bonchev–Trinajstić information content (AvgIpc) is 1.98. The summed E-state index contributed by atoms with van der Waals surface area (Å²) in [5.74, 6) is 0. The van der Waals surface area contributed by atoms with Crippen LogP contribution in [0.25, 0.3) is 0 Å². The van der Waals surface area contributed by atoms with Gasteiger partial charge in [-0.1, -0.05) is 12.2 Å². The highest BCUT2D eigenvalue weighted by molar-refractivity contribution is 6.15. The summed E-state index contributed by atoms with van der Waals surface area (Å²) in [5.41, 5.74) is 11.1. The molecule has 1 saturated carbocycles. The van der Waals surface area contributed by atoms with Crippen LogP contribution in [0.3, 0.4) is 0 Å². The van der Waals surface area contributed by atoms with E-state index in [0.29, 0.717) is 19.3 Å². The number of rotatable bonds is 0. The second-order valence-corrected chi connectivity index (χ2v) is 5.78. The normalized spacial score (nSPS) is 47.7. The summed E-state index contributed by atoms with van der Waals surface area (Å²) < 4.78 is 0. The molecule has 0 spiro atoms. The van der Waals surface area contributed by atoms with E-state index in [1.807, 2.05) is 13.8 Å². The maximum absolute atomic E-state index is 9.07. The molecule has 3 nitrogen and oxygen atoms in total. The monoisotopic (exact) mass is 205 g/mol. The van der Waals surface area contributed by atoms with Gasteiger partial charge in [-0.3, -0.25) is 0 Å². The van der Waals surface area contributed by atoms with Crippen LogP contribution >= 0.6 is 0 Å². The Kier molecular flexibility index (Phi) is 3.18. The first kappa shape index (κ1) is 12.5. The van der Waals surface area contributed by atoms with Crippen molar-refractivity contribution in [1.82, 2.24) is 0 Å². The summed E-state index contributed by atoms with van der Waals surface area (Å²) >= 11 is 0. The molecule has 2 radical (unpaired) electrons. The molecule has 4 heteroatoms. The van der Waals surface area contributed by atoms with E-state index in [4.69, 9.17) is 24.6 Å². The third-order valence-corrected chi connectivity index (χ3v) is 3.12. The molecule has 0 aromatic heterocycles. The van der Waals surface area contributed by atoms with Crippen LogP contribution in [0, 0.1) is 11.3 Å². The Morgan fingerprint density at radius 2 is 1.80 bits per heavy atom. The molecule has 0 aromatic carbocycles. The fraction of sp³-hybridized carbons (Fsp3) is 0.909. The first-order valence-corrected chi connectivity index (χ1v) is 5.46. The molecule has 0 saturated heterocycles. The largest absolute Gasteiger partial charge is 0.325 e. The molecular weight excluding hydrogens is 185 g/mol. The molecule has 0 bridgehead atoms. The number of nitriles is 1. The summed E-state index contributed by atoms with van der Waals surface area (Å²) in [6.07, 6.45) is 3.68. The maximum atomic E-state index is 9.07. The van der Waals surface area contributed by atoms with Gasteiger partial charge in [-0.2, -0.15) is 5.26 Å². The van der Waals surface area contributed by atoms with Crippen LogP contribution < -0.4 is 11.5 Å². The number of nitrogens with zero attached hydrogens (tertiary/aromatic N) is 1. The fourth-order valence-electron chi connectivity index (χ4n) is 2.79. The van der Waals surface area contributed by atoms with Crippen molar-refractivity contribution in [1.29, 1.82) is 5.26 Å². The van der Waals surface area contributed by atoms with E-state index in [0.717, 1.165) is 12.8 Å². The molecule has 0 amide bonds. The second-order valence-electron chi connectivity index (χ2n) is 5.78. The number of nitrogens with two attached hydrogens (primary N) is 2. The lowest BCUT2D eigenvalue weighted by molar-refractivity contribution is 0.254. The van der Waals surface area contributed by atoms with Gasteiger partial charge in [0.25, 0.3) is 0 Å². The lowest BCUT2D eigenvalue weighted by atomic mass is 9.56. The van der Waals surface area contributed by atoms with E-state index in [9.17, 15) is 0 Å². The molecule has 15 heavy (non-hydrogen) atoms. The van der Waals surface area contributed by atoms with Gasteiger partial charge in [-0.25, -0.2) is 0 Å². The van der Waals surface area contributed by atoms with Crippen molar-refractivity contribution in [3.63, 3.8) is 0 Å².